The van der Waals surface area contributed by atoms with E-state index in [0.29, 0.717) is 17.9 Å². The topological polar surface area (TPSA) is 63.3 Å². The molecule has 5 nitrogen and oxygen atoms in total. The maximum atomic E-state index is 12.4. The number of aromatic amines is 1. The third-order valence-electron chi connectivity index (χ3n) is 4.03. The molecule has 0 bridgehead atoms. The Balaban J connectivity index is 1.80. The Hall–Kier alpha value is -2.95. The monoisotopic (exact) mass is 324 g/mol. The number of aryl methyl sites for hydroxylation is 1. The van der Waals surface area contributed by atoms with Gasteiger partial charge in [-0.15, -0.1) is 0 Å². The number of hydrogen-bond acceptors (Lipinski definition) is 3. The molecular weight excluding hydrogens is 304 g/mol. The minimum atomic E-state index is -0.0740. The average Bonchev–Trinajstić information content (AvgIpc) is 2.99. The molecule has 0 fully saturated rings. The molecule has 5 heteroatoms. The van der Waals surface area contributed by atoms with Gasteiger partial charge in [0.25, 0.3) is 0 Å². The third-order valence-corrected chi connectivity index (χ3v) is 4.03. The smallest absolute Gasteiger partial charge is 0.228 e. The Kier molecular flexibility index (Phi) is 4.42. The number of anilines is 1. The van der Waals surface area contributed by atoms with E-state index in [1.54, 1.807) is 20.3 Å². The Morgan fingerprint density at radius 2 is 1.83 bits per heavy atom. The first-order chi connectivity index (χ1) is 11.6. The van der Waals surface area contributed by atoms with Crippen LogP contribution >= 0.6 is 0 Å². The van der Waals surface area contributed by atoms with E-state index < -0.39 is 0 Å². The summed E-state index contributed by atoms with van der Waals surface area (Å²) in [6.45, 7) is 1.92. The van der Waals surface area contributed by atoms with Gasteiger partial charge in [0.1, 0.15) is 0 Å². The van der Waals surface area contributed by atoms with Crippen molar-refractivity contribution in [2.45, 2.75) is 13.3 Å². The molecule has 2 N–H and O–H groups in total. The lowest BCUT2D eigenvalue weighted by atomic mass is 10.1. The van der Waals surface area contributed by atoms with E-state index in [2.05, 4.69) is 10.3 Å². The van der Waals surface area contributed by atoms with Gasteiger partial charge >= 0.3 is 0 Å². The highest BCUT2D eigenvalue weighted by Gasteiger charge is 2.13. The molecular formula is C19H20N2O3. The number of para-hydroxylation sites is 1. The number of carbonyl (C=O) groups excluding carboxylic acids is 1. The van der Waals surface area contributed by atoms with Gasteiger partial charge in [0, 0.05) is 28.9 Å². The molecule has 124 valence electrons. The number of amides is 1. The molecule has 0 spiro atoms. The summed E-state index contributed by atoms with van der Waals surface area (Å²) in [6, 6.07) is 11.6. The number of hydrogen-bond donors (Lipinski definition) is 2. The summed E-state index contributed by atoms with van der Waals surface area (Å²) < 4.78 is 10.6. The van der Waals surface area contributed by atoms with Crippen LogP contribution in [0, 0.1) is 6.92 Å². The number of aromatic nitrogens is 1. The van der Waals surface area contributed by atoms with Crippen molar-refractivity contribution in [3.05, 3.63) is 53.7 Å². The molecule has 0 saturated heterocycles. The number of carbonyl (C=O) groups is 1. The predicted molar refractivity (Wildman–Crippen MR) is 94.9 cm³/mol. The van der Waals surface area contributed by atoms with Gasteiger partial charge in [-0.25, -0.2) is 0 Å². The SMILES string of the molecule is COc1cc(C)c(NC(=O)Cc2c[nH]c3ccccc23)cc1OC. The van der Waals surface area contributed by atoms with E-state index in [4.69, 9.17) is 9.47 Å². The quantitative estimate of drug-likeness (QED) is 0.752. The van der Waals surface area contributed by atoms with Crippen molar-refractivity contribution in [1.29, 1.82) is 0 Å². The number of rotatable bonds is 5. The van der Waals surface area contributed by atoms with E-state index in [9.17, 15) is 4.79 Å². The van der Waals surface area contributed by atoms with Gasteiger partial charge in [-0.3, -0.25) is 4.79 Å². The summed E-state index contributed by atoms with van der Waals surface area (Å²) in [7, 11) is 3.16. The molecule has 0 aliphatic heterocycles. The average molecular weight is 324 g/mol. The zero-order valence-electron chi connectivity index (χ0n) is 14.0. The van der Waals surface area contributed by atoms with Crippen LogP contribution in [-0.4, -0.2) is 25.1 Å². The van der Waals surface area contributed by atoms with E-state index in [-0.39, 0.29) is 5.91 Å². The minimum Gasteiger partial charge on any atom is -0.493 e. The van der Waals surface area contributed by atoms with Gasteiger partial charge in [0.2, 0.25) is 5.91 Å². The van der Waals surface area contributed by atoms with Crippen molar-refractivity contribution < 1.29 is 14.3 Å². The van der Waals surface area contributed by atoms with Crippen molar-refractivity contribution in [3.8, 4) is 11.5 Å². The second-order valence-electron chi connectivity index (χ2n) is 5.61. The summed E-state index contributed by atoms with van der Waals surface area (Å²) in [4.78, 5) is 15.6. The second kappa shape index (κ2) is 6.66. The maximum Gasteiger partial charge on any atom is 0.228 e. The number of fused-ring (bicyclic) bond motifs is 1. The van der Waals surface area contributed by atoms with Crippen LogP contribution in [0.15, 0.2) is 42.6 Å². The number of H-pyrrole nitrogens is 1. The Labute approximate surface area is 140 Å². The van der Waals surface area contributed by atoms with Crippen LogP contribution in [0.4, 0.5) is 5.69 Å². The minimum absolute atomic E-state index is 0.0740. The van der Waals surface area contributed by atoms with Gasteiger partial charge < -0.3 is 19.8 Å². The Bertz CT molecular complexity index is 883. The highest BCUT2D eigenvalue weighted by Crippen LogP contribution is 2.33. The van der Waals surface area contributed by atoms with Gasteiger partial charge in [0.05, 0.1) is 20.6 Å². The van der Waals surface area contributed by atoms with Gasteiger partial charge in [-0.1, -0.05) is 18.2 Å². The van der Waals surface area contributed by atoms with E-state index >= 15 is 0 Å². The Morgan fingerprint density at radius 1 is 1.12 bits per heavy atom. The molecule has 3 aromatic rings. The molecule has 2 aromatic carbocycles. The van der Waals surface area contributed by atoms with Gasteiger partial charge in [-0.2, -0.15) is 0 Å². The molecule has 0 unspecified atom stereocenters. The molecule has 1 amide bonds. The first-order valence-corrected chi connectivity index (χ1v) is 7.70. The molecule has 0 radical (unpaired) electrons. The van der Waals surface area contributed by atoms with Crippen LogP contribution in [-0.2, 0) is 11.2 Å². The van der Waals surface area contributed by atoms with Gasteiger partial charge in [0.15, 0.2) is 11.5 Å². The van der Waals surface area contributed by atoms with E-state index in [1.807, 2.05) is 43.5 Å². The zero-order chi connectivity index (χ0) is 17.1. The standard InChI is InChI=1S/C19H20N2O3/c1-12-8-17(23-2)18(24-3)10-16(12)21-19(22)9-13-11-20-15-7-5-4-6-14(13)15/h4-8,10-11,20H,9H2,1-3H3,(H,21,22). The van der Waals surface area contributed by atoms with Crippen LogP contribution in [0.5, 0.6) is 11.5 Å². The molecule has 0 saturated carbocycles. The summed E-state index contributed by atoms with van der Waals surface area (Å²) in [5, 5.41) is 4.02. The number of nitrogens with one attached hydrogen (secondary N) is 2. The molecule has 1 aromatic heterocycles. The maximum absolute atomic E-state index is 12.4. The fourth-order valence-corrected chi connectivity index (χ4v) is 2.76. The molecule has 1 heterocycles. The molecule has 0 atom stereocenters. The predicted octanol–water partition coefficient (Wildman–Crippen LogP) is 3.67. The first kappa shape index (κ1) is 15.9. The van der Waals surface area contributed by atoms with Crippen molar-refractivity contribution in [1.82, 2.24) is 4.98 Å². The number of methoxy groups -OCH3 is 2. The number of benzene rings is 2. The van der Waals surface area contributed by atoms with Crippen molar-refractivity contribution in [2.75, 3.05) is 19.5 Å². The summed E-state index contributed by atoms with van der Waals surface area (Å²) >= 11 is 0. The zero-order valence-corrected chi connectivity index (χ0v) is 14.0. The first-order valence-electron chi connectivity index (χ1n) is 7.70. The van der Waals surface area contributed by atoms with E-state index in [0.717, 1.165) is 27.7 Å². The lowest BCUT2D eigenvalue weighted by Gasteiger charge is -2.13. The van der Waals surface area contributed by atoms with Crippen molar-refractivity contribution in [2.24, 2.45) is 0 Å². The summed E-state index contributed by atoms with van der Waals surface area (Å²) in [5.41, 5.74) is 3.64. The lowest BCUT2D eigenvalue weighted by Crippen LogP contribution is -2.15. The summed E-state index contributed by atoms with van der Waals surface area (Å²) in [5.74, 6) is 1.16. The summed E-state index contributed by atoms with van der Waals surface area (Å²) in [6.07, 6.45) is 2.18. The highest BCUT2D eigenvalue weighted by molar-refractivity contribution is 5.96. The largest absolute Gasteiger partial charge is 0.493 e. The van der Waals surface area contributed by atoms with E-state index in [1.165, 1.54) is 0 Å². The van der Waals surface area contributed by atoms with Crippen LogP contribution in [0.3, 0.4) is 0 Å². The third kappa shape index (κ3) is 3.06. The molecule has 24 heavy (non-hydrogen) atoms. The fourth-order valence-electron chi connectivity index (χ4n) is 2.76. The van der Waals surface area contributed by atoms with Crippen LogP contribution in [0.2, 0.25) is 0 Å². The highest BCUT2D eigenvalue weighted by atomic mass is 16.5. The van der Waals surface area contributed by atoms with Crippen molar-refractivity contribution in [3.63, 3.8) is 0 Å². The van der Waals surface area contributed by atoms with Crippen LogP contribution < -0.4 is 14.8 Å². The second-order valence-corrected chi connectivity index (χ2v) is 5.61. The van der Waals surface area contributed by atoms with Crippen LogP contribution in [0.25, 0.3) is 10.9 Å². The van der Waals surface area contributed by atoms with Crippen molar-refractivity contribution >= 4 is 22.5 Å². The molecule has 3 rings (SSSR count). The molecule has 0 aliphatic carbocycles. The lowest BCUT2D eigenvalue weighted by molar-refractivity contribution is -0.115. The normalized spacial score (nSPS) is 10.6. The molecule has 0 aliphatic rings. The van der Waals surface area contributed by atoms with Crippen LogP contribution in [0.1, 0.15) is 11.1 Å². The Morgan fingerprint density at radius 3 is 2.58 bits per heavy atom. The van der Waals surface area contributed by atoms with Gasteiger partial charge in [-0.05, 0) is 30.2 Å². The fraction of sp³-hybridized carbons (Fsp3) is 0.211. The number of ether oxygens (including phenoxy) is 2.